The maximum Gasteiger partial charge on any atom is 0.244 e. The summed E-state index contributed by atoms with van der Waals surface area (Å²) >= 11 is 0. The zero-order chi connectivity index (χ0) is 26.2. The van der Waals surface area contributed by atoms with E-state index < -0.39 is 28.5 Å². The number of carbonyl (C=O) groups is 2. The van der Waals surface area contributed by atoms with Gasteiger partial charge in [0.05, 0.1) is 33.3 Å². The minimum atomic E-state index is -3.91. The number of hydrogen-bond acceptors (Lipinski definition) is 7. The van der Waals surface area contributed by atoms with E-state index in [9.17, 15) is 18.0 Å². The van der Waals surface area contributed by atoms with Crippen LogP contribution in [0.5, 0.6) is 17.2 Å². The van der Waals surface area contributed by atoms with Crippen molar-refractivity contribution in [2.45, 2.75) is 25.9 Å². The van der Waals surface area contributed by atoms with Gasteiger partial charge in [-0.2, -0.15) is 0 Å². The van der Waals surface area contributed by atoms with E-state index in [-0.39, 0.29) is 23.9 Å². The molecule has 0 fully saturated rings. The predicted molar refractivity (Wildman–Crippen MR) is 133 cm³/mol. The van der Waals surface area contributed by atoms with Crippen LogP contribution in [0.25, 0.3) is 0 Å². The lowest BCUT2D eigenvalue weighted by Gasteiger charge is -2.33. The summed E-state index contributed by atoms with van der Waals surface area (Å²) in [6.45, 7) is 1.35. The molecule has 0 heterocycles. The minimum Gasteiger partial charge on any atom is -0.497 e. The molecule has 0 bridgehead atoms. The minimum absolute atomic E-state index is 0.0988. The molecule has 192 valence electrons. The first-order valence-corrected chi connectivity index (χ1v) is 12.8. The van der Waals surface area contributed by atoms with Crippen LogP contribution in [0.1, 0.15) is 18.9 Å². The van der Waals surface area contributed by atoms with Gasteiger partial charge < -0.3 is 24.4 Å². The zero-order valence-corrected chi connectivity index (χ0v) is 21.7. The predicted octanol–water partition coefficient (Wildman–Crippen LogP) is 2.03. The maximum absolute atomic E-state index is 13.6. The SMILES string of the molecule is CC[C@H](C(=O)NC)N(Cc1ccc(OC)cc1)C(=O)CN(c1cc(OC)ccc1OC)S(C)(=O)=O. The molecule has 2 rings (SSSR count). The highest BCUT2D eigenvalue weighted by Crippen LogP contribution is 2.34. The van der Waals surface area contributed by atoms with E-state index in [1.807, 2.05) is 0 Å². The Morgan fingerprint density at radius 3 is 2.06 bits per heavy atom. The van der Waals surface area contributed by atoms with Gasteiger partial charge in [0, 0.05) is 19.7 Å². The van der Waals surface area contributed by atoms with Crippen LogP contribution in [0.4, 0.5) is 5.69 Å². The standard InChI is InChI=1S/C24H33N3O7S/c1-7-20(24(29)25-2)26(15-17-8-10-18(32-3)11-9-17)23(28)16-27(35(6,30)31)21-14-19(33-4)12-13-22(21)34-5/h8-14,20H,7,15-16H2,1-6H3,(H,25,29)/t20-/m1/s1. The Balaban J connectivity index is 2.50. The molecular formula is C24H33N3O7S. The third-order valence-electron chi connectivity index (χ3n) is 5.48. The number of hydrogen-bond donors (Lipinski definition) is 1. The van der Waals surface area contributed by atoms with Crippen molar-refractivity contribution in [1.29, 1.82) is 0 Å². The number of methoxy groups -OCH3 is 3. The molecule has 1 atom stereocenters. The first-order chi connectivity index (χ1) is 16.6. The zero-order valence-electron chi connectivity index (χ0n) is 20.9. The average Bonchev–Trinajstić information content (AvgIpc) is 2.85. The van der Waals surface area contributed by atoms with Crippen LogP contribution in [0, 0.1) is 0 Å². The quantitative estimate of drug-likeness (QED) is 0.468. The molecule has 0 aromatic heterocycles. The van der Waals surface area contributed by atoms with Gasteiger partial charge in [-0.05, 0) is 36.2 Å². The largest absolute Gasteiger partial charge is 0.497 e. The summed E-state index contributed by atoms with van der Waals surface area (Å²) in [4.78, 5) is 27.6. The molecule has 0 saturated carbocycles. The average molecular weight is 508 g/mol. The molecule has 35 heavy (non-hydrogen) atoms. The Kier molecular flexibility index (Phi) is 9.76. The molecule has 10 nitrogen and oxygen atoms in total. The van der Waals surface area contributed by atoms with Crippen LogP contribution >= 0.6 is 0 Å². The number of carbonyl (C=O) groups excluding carboxylic acids is 2. The fourth-order valence-corrected chi connectivity index (χ4v) is 4.45. The van der Waals surface area contributed by atoms with Crippen LogP contribution in [0.3, 0.4) is 0 Å². The summed E-state index contributed by atoms with van der Waals surface area (Å²) in [5.74, 6) is 0.405. The van der Waals surface area contributed by atoms with E-state index in [4.69, 9.17) is 14.2 Å². The molecule has 0 aliphatic carbocycles. The second-order valence-corrected chi connectivity index (χ2v) is 9.62. The number of sulfonamides is 1. The van der Waals surface area contributed by atoms with Gasteiger partial charge in [0.15, 0.2) is 0 Å². The number of anilines is 1. The van der Waals surface area contributed by atoms with E-state index in [1.165, 1.54) is 32.2 Å². The van der Waals surface area contributed by atoms with Gasteiger partial charge in [-0.15, -0.1) is 0 Å². The maximum atomic E-state index is 13.6. The summed E-state index contributed by atoms with van der Waals surface area (Å²) in [5, 5.41) is 2.58. The molecule has 0 saturated heterocycles. The van der Waals surface area contributed by atoms with Crippen LogP contribution in [0.2, 0.25) is 0 Å². The van der Waals surface area contributed by atoms with E-state index in [2.05, 4.69) is 5.32 Å². The van der Waals surface area contributed by atoms with Crippen molar-refractivity contribution < 1.29 is 32.2 Å². The summed E-state index contributed by atoms with van der Waals surface area (Å²) < 4.78 is 42.3. The van der Waals surface area contributed by atoms with Crippen LogP contribution in [-0.4, -0.2) is 72.4 Å². The second-order valence-electron chi connectivity index (χ2n) is 7.72. The van der Waals surface area contributed by atoms with Gasteiger partial charge >= 0.3 is 0 Å². The fraction of sp³-hybridized carbons (Fsp3) is 0.417. The Labute approximate surface area is 206 Å². The molecule has 0 aliphatic rings. The molecule has 0 radical (unpaired) electrons. The van der Waals surface area contributed by atoms with Crippen LogP contribution < -0.4 is 23.8 Å². The number of rotatable bonds is 12. The number of nitrogens with one attached hydrogen (secondary N) is 1. The molecule has 0 spiro atoms. The van der Waals surface area contributed by atoms with Crippen molar-refractivity contribution >= 4 is 27.5 Å². The Morgan fingerprint density at radius 2 is 1.57 bits per heavy atom. The third-order valence-corrected chi connectivity index (χ3v) is 6.60. The topological polar surface area (TPSA) is 114 Å². The number of nitrogens with zero attached hydrogens (tertiary/aromatic N) is 2. The molecule has 2 aromatic rings. The Hall–Kier alpha value is -3.47. The van der Waals surface area contributed by atoms with Gasteiger partial charge in [0.1, 0.15) is 29.8 Å². The highest BCUT2D eigenvalue weighted by Gasteiger charge is 2.32. The normalized spacial score (nSPS) is 11.8. The Bertz CT molecular complexity index is 1120. The number of benzene rings is 2. The van der Waals surface area contributed by atoms with Crippen molar-refractivity contribution in [3.05, 3.63) is 48.0 Å². The van der Waals surface area contributed by atoms with Gasteiger partial charge in [0.25, 0.3) is 0 Å². The van der Waals surface area contributed by atoms with Crippen molar-refractivity contribution in [2.24, 2.45) is 0 Å². The molecular weight excluding hydrogens is 474 g/mol. The fourth-order valence-electron chi connectivity index (χ4n) is 3.60. The summed E-state index contributed by atoms with van der Waals surface area (Å²) in [6.07, 6.45) is 1.34. The first kappa shape index (κ1) is 27.8. The van der Waals surface area contributed by atoms with Crippen molar-refractivity contribution in [3.8, 4) is 17.2 Å². The van der Waals surface area contributed by atoms with E-state index >= 15 is 0 Å². The van der Waals surface area contributed by atoms with E-state index in [0.717, 1.165) is 16.1 Å². The Morgan fingerprint density at radius 1 is 0.971 bits per heavy atom. The smallest absolute Gasteiger partial charge is 0.244 e. The lowest BCUT2D eigenvalue weighted by Crippen LogP contribution is -2.51. The molecule has 1 N–H and O–H groups in total. The van der Waals surface area contributed by atoms with Gasteiger partial charge in [0.2, 0.25) is 21.8 Å². The van der Waals surface area contributed by atoms with Gasteiger partial charge in [-0.1, -0.05) is 19.1 Å². The monoisotopic (exact) mass is 507 g/mol. The van der Waals surface area contributed by atoms with Crippen LogP contribution in [0.15, 0.2) is 42.5 Å². The number of amides is 2. The lowest BCUT2D eigenvalue weighted by atomic mass is 10.1. The lowest BCUT2D eigenvalue weighted by molar-refractivity contribution is -0.140. The molecule has 2 aromatic carbocycles. The van der Waals surface area contributed by atoms with Crippen molar-refractivity contribution in [2.75, 3.05) is 45.5 Å². The molecule has 0 unspecified atom stereocenters. The summed E-state index contributed by atoms with van der Waals surface area (Å²) in [5.41, 5.74) is 0.909. The molecule has 0 aliphatic heterocycles. The summed E-state index contributed by atoms with van der Waals surface area (Å²) in [6, 6.07) is 10.9. The van der Waals surface area contributed by atoms with Crippen molar-refractivity contribution in [3.63, 3.8) is 0 Å². The van der Waals surface area contributed by atoms with Gasteiger partial charge in [-0.3, -0.25) is 13.9 Å². The molecule has 2 amide bonds. The summed E-state index contributed by atoms with van der Waals surface area (Å²) in [7, 11) is 1.99. The van der Waals surface area contributed by atoms with Crippen molar-refractivity contribution in [1.82, 2.24) is 10.2 Å². The van der Waals surface area contributed by atoms with E-state index in [0.29, 0.717) is 17.9 Å². The second kappa shape index (κ2) is 12.3. The first-order valence-electron chi connectivity index (χ1n) is 10.9. The molecule has 11 heteroatoms. The van der Waals surface area contributed by atoms with Gasteiger partial charge in [-0.25, -0.2) is 8.42 Å². The number of likely N-dealkylation sites (N-methyl/N-ethyl adjacent to an activating group) is 1. The number of ether oxygens (including phenoxy) is 3. The van der Waals surface area contributed by atoms with Crippen LogP contribution in [-0.2, 0) is 26.2 Å². The highest BCUT2D eigenvalue weighted by atomic mass is 32.2. The third kappa shape index (κ3) is 7.01. The van der Waals surface area contributed by atoms with E-state index in [1.54, 1.807) is 50.4 Å². The highest BCUT2D eigenvalue weighted by molar-refractivity contribution is 7.92.